The zero-order valence-electron chi connectivity index (χ0n) is 23.7. The topological polar surface area (TPSA) is 167 Å². The van der Waals surface area contributed by atoms with Crippen LogP contribution in [-0.2, 0) is 30.5 Å². The number of hydrogen-bond acceptors (Lipinski definition) is 9. The van der Waals surface area contributed by atoms with Gasteiger partial charge in [0.25, 0.3) is 18.3 Å². The number of piperidine rings is 1. The van der Waals surface area contributed by atoms with Crippen LogP contribution < -0.4 is 5.32 Å². The Hall–Kier alpha value is -4.39. The Morgan fingerprint density at radius 3 is 2.58 bits per heavy atom. The molecule has 224 valence electrons. The smallest absolute Gasteiger partial charge is 0.290 e. The monoisotopic (exact) mass is 603 g/mol. The third-order valence-electron chi connectivity index (χ3n) is 8.35. The van der Waals surface area contributed by atoms with Gasteiger partial charge in [0.15, 0.2) is 5.69 Å². The minimum absolute atomic E-state index is 0.00286. The van der Waals surface area contributed by atoms with Crippen LogP contribution in [0.2, 0.25) is 0 Å². The molecule has 7 rings (SSSR count). The van der Waals surface area contributed by atoms with E-state index >= 15 is 0 Å². The van der Waals surface area contributed by atoms with E-state index in [2.05, 4.69) is 30.6 Å². The number of nitrogens with zero attached hydrogens (tertiary/aromatic N) is 5. The van der Waals surface area contributed by atoms with Crippen molar-refractivity contribution in [3.8, 4) is 11.5 Å². The number of aromatic nitrogens is 5. The van der Waals surface area contributed by atoms with Gasteiger partial charge in [-0.1, -0.05) is 11.2 Å². The summed E-state index contributed by atoms with van der Waals surface area (Å²) in [6.07, 6.45) is 11.1. The van der Waals surface area contributed by atoms with Crippen LogP contribution in [0.1, 0.15) is 92.9 Å². The van der Waals surface area contributed by atoms with Crippen molar-refractivity contribution in [1.82, 2.24) is 30.2 Å². The number of aryl methyl sites for hydroxylation is 2. The van der Waals surface area contributed by atoms with Crippen molar-refractivity contribution in [2.75, 3.05) is 18.4 Å². The Bertz CT molecular complexity index is 1600. The number of likely N-dealkylation sites (tertiary alicyclic amines) is 1. The number of anilines is 1. The Morgan fingerprint density at radius 1 is 1.07 bits per heavy atom. The summed E-state index contributed by atoms with van der Waals surface area (Å²) in [5.41, 5.74) is 5.01. The fraction of sp³-hybridized carbons (Fsp3) is 0.433. The largest absolute Gasteiger partial charge is 0.483 e. The summed E-state index contributed by atoms with van der Waals surface area (Å²) in [7, 11) is 0. The SMILES string of the molecule is O=C(Nc1sc2c(c1C(=O)N1CCC(c3nc(-c4ccccn4)no3)CC1)CCCC2)c1n[nH]c2c1CCCC2.O=CO. The number of H-pyrrole nitrogens is 1. The number of carboxylic acid groups (broad SMARTS) is 1. The van der Waals surface area contributed by atoms with Crippen molar-refractivity contribution in [3.63, 3.8) is 0 Å². The van der Waals surface area contributed by atoms with Gasteiger partial charge in [-0.3, -0.25) is 24.5 Å². The maximum atomic E-state index is 14.0. The summed E-state index contributed by atoms with van der Waals surface area (Å²) in [6, 6.07) is 5.60. The lowest BCUT2D eigenvalue weighted by atomic mass is 9.93. The van der Waals surface area contributed by atoms with Crippen LogP contribution in [0.4, 0.5) is 5.00 Å². The predicted octanol–water partition coefficient (Wildman–Crippen LogP) is 4.65. The highest BCUT2D eigenvalue weighted by Gasteiger charge is 2.34. The summed E-state index contributed by atoms with van der Waals surface area (Å²) in [6.45, 7) is 0.936. The molecule has 13 heteroatoms. The molecule has 4 aromatic rings. The summed E-state index contributed by atoms with van der Waals surface area (Å²) in [5.74, 6) is 0.937. The van der Waals surface area contributed by atoms with Crippen molar-refractivity contribution in [2.45, 2.75) is 70.1 Å². The van der Waals surface area contributed by atoms with Gasteiger partial charge in [0.2, 0.25) is 11.7 Å². The fourth-order valence-electron chi connectivity index (χ4n) is 6.20. The summed E-state index contributed by atoms with van der Waals surface area (Å²) >= 11 is 1.56. The number of pyridine rings is 1. The van der Waals surface area contributed by atoms with Crippen molar-refractivity contribution in [3.05, 3.63) is 63.2 Å². The number of aromatic amines is 1. The first-order valence-electron chi connectivity index (χ1n) is 14.7. The molecule has 2 aliphatic carbocycles. The maximum Gasteiger partial charge on any atom is 0.290 e. The molecule has 0 radical (unpaired) electrons. The average molecular weight is 604 g/mol. The van der Waals surface area contributed by atoms with E-state index < -0.39 is 0 Å². The third-order valence-corrected chi connectivity index (χ3v) is 9.56. The average Bonchev–Trinajstić information content (AvgIpc) is 3.79. The van der Waals surface area contributed by atoms with E-state index in [1.54, 1.807) is 17.5 Å². The highest BCUT2D eigenvalue weighted by Crippen LogP contribution is 2.40. The van der Waals surface area contributed by atoms with E-state index in [-0.39, 0.29) is 24.2 Å². The normalized spacial score (nSPS) is 16.4. The number of nitrogens with one attached hydrogen (secondary N) is 2. The van der Waals surface area contributed by atoms with Crippen LogP contribution >= 0.6 is 11.3 Å². The molecule has 12 nitrogen and oxygen atoms in total. The molecule has 43 heavy (non-hydrogen) atoms. The molecule has 3 aliphatic rings. The molecule has 0 saturated carbocycles. The first-order valence-corrected chi connectivity index (χ1v) is 15.5. The lowest BCUT2D eigenvalue weighted by molar-refractivity contribution is -0.122. The van der Waals surface area contributed by atoms with Gasteiger partial charge in [0.05, 0.1) is 5.56 Å². The summed E-state index contributed by atoms with van der Waals surface area (Å²) in [5, 5.41) is 22.2. The molecule has 0 spiro atoms. The van der Waals surface area contributed by atoms with Crippen molar-refractivity contribution in [2.24, 2.45) is 0 Å². The summed E-state index contributed by atoms with van der Waals surface area (Å²) in [4.78, 5) is 47.7. The van der Waals surface area contributed by atoms with Crippen molar-refractivity contribution >= 4 is 34.6 Å². The molecule has 1 aliphatic heterocycles. The van der Waals surface area contributed by atoms with Gasteiger partial charge in [-0.15, -0.1) is 11.3 Å². The molecular weight excluding hydrogens is 570 g/mol. The number of rotatable bonds is 5. The molecule has 2 amide bonds. The lowest BCUT2D eigenvalue weighted by Crippen LogP contribution is -2.38. The van der Waals surface area contributed by atoms with Crippen LogP contribution in [0.3, 0.4) is 0 Å². The van der Waals surface area contributed by atoms with E-state index in [0.717, 1.165) is 81.0 Å². The first-order chi connectivity index (χ1) is 21.1. The van der Waals surface area contributed by atoms with Crippen LogP contribution in [-0.4, -0.2) is 66.7 Å². The Morgan fingerprint density at radius 2 is 1.81 bits per heavy atom. The molecule has 0 aromatic carbocycles. The molecule has 0 atom stereocenters. The van der Waals surface area contributed by atoms with Gasteiger partial charge < -0.3 is 19.8 Å². The molecule has 1 fully saturated rings. The van der Waals surface area contributed by atoms with Gasteiger partial charge in [0, 0.05) is 41.3 Å². The second kappa shape index (κ2) is 12.9. The van der Waals surface area contributed by atoms with E-state index in [9.17, 15) is 9.59 Å². The quantitative estimate of drug-likeness (QED) is 0.275. The summed E-state index contributed by atoms with van der Waals surface area (Å²) < 4.78 is 5.58. The predicted molar refractivity (Wildman–Crippen MR) is 158 cm³/mol. The number of amides is 2. The van der Waals surface area contributed by atoms with Crippen molar-refractivity contribution in [1.29, 1.82) is 0 Å². The zero-order valence-corrected chi connectivity index (χ0v) is 24.5. The highest BCUT2D eigenvalue weighted by atomic mass is 32.1. The maximum absolute atomic E-state index is 14.0. The minimum atomic E-state index is -0.250. The van der Waals surface area contributed by atoms with E-state index in [0.29, 0.717) is 46.8 Å². The Kier molecular flexibility index (Phi) is 8.59. The van der Waals surface area contributed by atoms with Gasteiger partial charge in [-0.25, -0.2) is 0 Å². The molecule has 3 N–H and O–H groups in total. The highest BCUT2D eigenvalue weighted by molar-refractivity contribution is 7.17. The van der Waals surface area contributed by atoms with E-state index in [4.69, 9.17) is 14.4 Å². The standard InChI is InChI=1S/C29H31N7O3S.CH2O2/c37-26(24-18-7-1-3-9-20(18)33-34-24)32-28-23(19-8-2-4-11-22(19)40-28)29(38)36-15-12-17(13-16-36)27-31-25(35-39-27)21-10-5-6-14-30-21;2-1-3/h5-6,10,14,17H,1-4,7-9,11-13,15-16H2,(H,32,37)(H,33,34);1H,(H,2,3). The minimum Gasteiger partial charge on any atom is -0.483 e. The molecule has 0 unspecified atom stereocenters. The lowest BCUT2D eigenvalue weighted by Gasteiger charge is -2.31. The number of carbonyl (C=O) groups is 3. The van der Waals surface area contributed by atoms with Gasteiger partial charge in [0.1, 0.15) is 10.7 Å². The Labute approximate surface area is 251 Å². The molecule has 0 bridgehead atoms. The van der Waals surface area contributed by atoms with Crippen molar-refractivity contribution < 1.29 is 24.0 Å². The first kappa shape index (κ1) is 28.7. The van der Waals surface area contributed by atoms with E-state index in [1.165, 1.54) is 4.88 Å². The Balaban J connectivity index is 0.00000105. The fourth-order valence-corrected chi connectivity index (χ4v) is 7.48. The van der Waals surface area contributed by atoms with Gasteiger partial charge in [-0.05, 0) is 81.9 Å². The third kappa shape index (κ3) is 5.94. The zero-order chi connectivity index (χ0) is 29.8. The van der Waals surface area contributed by atoms with Gasteiger partial charge >= 0.3 is 0 Å². The molecule has 5 heterocycles. The van der Waals surface area contributed by atoms with E-state index in [1.807, 2.05) is 23.1 Å². The number of hydrogen-bond donors (Lipinski definition) is 3. The molecular formula is C30H33N7O5S. The van der Waals surface area contributed by atoms with Crippen LogP contribution in [0.5, 0.6) is 0 Å². The number of carbonyl (C=O) groups excluding carboxylic acids is 2. The second-order valence-corrected chi connectivity index (χ2v) is 12.1. The number of thiophene rings is 1. The van der Waals surface area contributed by atoms with Gasteiger partial charge in [-0.2, -0.15) is 10.1 Å². The number of fused-ring (bicyclic) bond motifs is 2. The second-order valence-electron chi connectivity index (χ2n) is 10.9. The molecule has 4 aromatic heterocycles. The molecule has 1 saturated heterocycles. The van der Waals surface area contributed by atoms with Crippen LogP contribution in [0.15, 0.2) is 28.9 Å². The van der Waals surface area contributed by atoms with Crippen LogP contribution in [0, 0.1) is 0 Å². The van der Waals surface area contributed by atoms with Crippen LogP contribution in [0.25, 0.3) is 11.5 Å².